The van der Waals surface area contributed by atoms with Crippen molar-refractivity contribution in [2.75, 3.05) is 6.61 Å². The number of para-hydroxylation sites is 2. The second kappa shape index (κ2) is 7.61. The zero-order valence-corrected chi connectivity index (χ0v) is 13.9. The van der Waals surface area contributed by atoms with Gasteiger partial charge in [0.1, 0.15) is 6.54 Å². The third kappa shape index (κ3) is 4.23. The van der Waals surface area contributed by atoms with Crippen LogP contribution >= 0.6 is 0 Å². The van der Waals surface area contributed by atoms with Crippen LogP contribution in [0.25, 0.3) is 11.0 Å². The number of ether oxygens (including phenoxy) is 1. The van der Waals surface area contributed by atoms with E-state index in [0.717, 1.165) is 16.6 Å². The zero-order valence-electron chi connectivity index (χ0n) is 13.9. The molecule has 0 bridgehead atoms. The predicted octanol–water partition coefficient (Wildman–Crippen LogP) is 2.46. The Bertz CT molecular complexity index is 874. The van der Waals surface area contributed by atoms with Crippen molar-refractivity contribution < 1.29 is 14.3 Å². The topological polar surface area (TPSA) is 73.2 Å². The van der Waals surface area contributed by atoms with Gasteiger partial charge in [-0.1, -0.05) is 42.5 Å². The summed E-state index contributed by atoms with van der Waals surface area (Å²) in [6.45, 7) is 1.59. The summed E-state index contributed by atoms with van der Waals surface area (Å²) in [5, 5.41) is 2.80. The molecule has 6 heteroatoms. The Labute approximate surface area is 145 Å². The van der Waals surface area contributed by atoms with E-state index in [1.54, 1.807) is 10.9 Å². The first-order valence-corrected chi connectivity index (χ1v) is 8.03. The fourth-order valence-electron chi connectivity index (χ4n) is 2.58. The summed E-state index contributed by atoms with van der Waals surface area (Å²) in [7, 11) is 0. The number of benzene rings is 2. The molecule has 1 heterocycles. The lowest BCUT2D eigenvalue weighted by atomic mass is 10.1. The number of esters is 1. The maximum Gasteiger partial charge on any atom is 0.326 e. The van der Waals surface area contributed by atoms with E-state index in [-0.39, 0.29) is 25.1 Å². The molecule has 3 aromatic rings. The summed E-state index contributed by atoms with van der Waals surface area (Å²) in [5.74, 6) is -0.814. The van der Waals surface area contributed by atoms with Gasteiger partial charge in [-0.3, -0.25) is 9.59 Å². The van der Waals surface area contributed by atoms with Crippen LogP contribution in [0.5, 0.6) is 0 Å². The van der Waals surface area contributed by atoms with E-state index in [4.69, 9.17) is 4.74 Å². The first-order chi connectivity index (χ1) is 12.1. The van der Waals surface area contributed by atoms with Gasteiger partial charge in [0, 0.05) is 0 Å². The minimum absolute atomic E-state index is 0.0159. The fourth-order valence-corrected chi connectivity index (χ4v) is 2.58. The average molecular weight is 337 g/mol. The molecule has 0 fully saturated rings. The maximum atomic E-state index is 12.0. The van der Waals surface area contributed by atoms with Gasteiger partial charge in [-0.05, 0) is 24.6 Å². The fraction of sp³-hybridized carbons (Fsp3) is 0.211. The summed E-state index contributed by atoms with van der Waals surface area (Å²) in [6, 6.07) is 17.0. The summed E-state index contributed by atoms with van der Waals surface area (Å²) >= 11 is 0. The second-order valence-electron chi connectivity index (χ2n) is 5.72. The average Bonchev–Trinajstić information content (AvgIpc) is 3.04. The first kappa shape index (κ1) is 16.7. The van der Waals surface area contributed by atoms with E-state index in [1.165, 1.54) is 0 Å². The van der Waals surface area contributed by atoms with Crippen molar-refractivity contribution in [2.24, 2.45) is 0 Å². The van der Waals surface area contributed by atoms with Gasteiger partial charge in [-0.25, -0.2) is 4.98 Å². The number of rotatable bonds is 6. The smallest absolute Gasteiger partial charge is 0.326 e. The van der Waals surface area contributed by atoms with Crippen molar-refractivity contribution in [3.63, 3.8) is 0 Å². The Morgan fingerprint density at radius 2 is 1.84 bits per heavy atom. The van der Waals surface area contributed by atoms with E-state index in [9.17, 15) is 9.59 Å². The molecule has 2 aromatic carbocycles. The number of carbonyl (C=O) groups excluding carboxylic acids is 2. The normalized spacial score (nSPS) is 11.9. The van der Waals surface area contributed by atoms with Crippen LogP contribution in [0.1, 0.15) is 18.5 Å². The van der Waals surface area contributed by atoms with Gasteiger partial charge in [0.25, 0.3) is 5.91 Å². The highest BCUT2D eigenvalue weighted by molar-refractivity contribution is 5.82. The number of nitrogens with one attached hydrogen (secondary N) is 1. The standard InChI is InChI=1S/C19H19N3O3/c1-14(15-7-3-2-4-8-15)21-18(23)12-25-19(24)11-22-13-20-16-9-5-6-10-17(16)22/h2-10,13-14H,11-12H2,1H3,(H,21,23). The van der Waals surface area contributed by atoms with Crippen LogP contribution in [0.2, 0.25) is 0 Å². The number of imidazole rings is 1. The highest BCUT2D eigenvalue weighted by Crippen LogP contribution is 2.12. The zero-order chi connectivity index (χ0) is 17.6. The van der Waals surface area contributed by atoms with Gasteiger partial charge in [0.15, 0.2) is 6.61 Å². The molecule has 0 saturated heterocycles. The highest BCUT2D eigenvalue weighted by atomic mass is 16.5. The van der Waals surface area contributed by atoms with E-state index in [2.05, 4.69) is 10.3 Å². The summed E-state index contributed by atoms with van der Waals surface area (Å²) in [4.78, 5) is 28.1. The Balaban J connectivity index is 1.49. The van der Waals surface area contributed by atoms with Crippen LogP contribution in [0.4, 0.5) is 0 Å². The van der Waals surface area contributed by atoms with Crippen molar-refractivity contribution >= 4 is 22.9 Å². The minimum atomic E-state index is -0.481. The van der Waals surface area contributed by atoms with Crippen molar-refractivity contribution in [3.05, 3.63) is 66.5 Å². The Hall–Kier alpha value is -3.15. The molecule has 25 heavy (non-hydrogen) atoms. The van der Waals surface area contributed by atoms with Crippen LogP contribution in [-0.4, -0.2) is 28.0 Å². The van der Waals surface area contributed by atoms with Gasteiger partial charge < -0.3 is 14.6 Å². The number of hydrogen-bond acceptors (Lipinski definition) is 4. The van der Waals surface area contributed by atoms with Crippen molar-refractivity contribution in [1.29, 1.82) is 0 Å². The monoisotopic (exact) mass is 337 g/mol. The summed E-state index contributed by atoms with van der Waals surface area (Å²) in [6.07, 6.45) is 1.59. The number of amides is 1. The number of fused-ring (bicyclic) bond motifs is 1. The molecule has 1 N–H and O–H groups in total. The number of nitrogens with zero attached hydrogens (tertiary/aromatic N) is 2. The minimum Gasteiger partial charge on any atom is -0.454 e. The summed E-state index contributed by atoms with van der Waals surface area (Å²) < 4.78 is 6.76. The number of carbonyl (C=O) groups is 2. The van der Waals surface area contributed by atoms with Crippen molar-refractivity contribution in [3.8, 4) is 0 Å². The molecule has 3 rings (SSSR count). The molecule has 1 unspecified atom stereocenters. The Kier molecular flexibility index (Phi) is 5.09. The summed E-state index contributed by atoms with van der Waals surface area (Å²) in [5.41, 5.74) is 2.65. The molecular weight excluding hydrogens is 318 g/mol. The molecule has 0 saturated carbocycles. The van der Waals surface area contributed by atoms with Gasteiger partial charge in [0.05, 0.1) is 23.4 Å². The molecule has 0 aliphatic rings. The lowest BCUT2D eigenvalue weighted by Crippen LogP contribution is -2.31. The third-order valence-corrected chi connectivity index (χ3v) is 3.87. The Morgan fingerprint density at radius 1 is 1.12 bits per heavy atom. The van der Waals surface area contributed by atoms with Crippen LogP contribution < -0.4 is 5.32 Å². The van der Waals surface area contributed by atoms with Crippen LogP contribution in [-0.2, 0) is 20.9 Å². The van der Waals surface area contributed by atoms with Crippen LogP contribution in [0, 0.1) is 0 Å². The lowest BCUT2D eigenvalue weighted by Gasteiger charge is -2.14. The van der Waals surface area contributed by atoms with Crippen molar-refractivity contribution in [1.82, 2.24) is 14.9 Å². The Morgan fingerprint density at radius 3 is 2.64 bits per heavy atom. The molecule has 128 valence electrons. The van der Waals surface area contributed by atoms with Gasteiger partial charge in [-0.2, -0.15) is 0 Å². The first-order valence-electron chi connectivity index (χ1n) is 8.03. The quantitative estimate of drug-likeness (QED) is 0.701. The second-order valence-corrected chi connectivity index (χ2v) is 5.72. The number of aromatic nitrogens is 2. The highest BCUT2D eigenvalue weighted by Gasteiger charge is 2.13. The molecule has 1 aromatic heterocycles. The number of hydrogen-bond donors (Lipinski definition) is 1. The van der Waals surface area contributed by atoms with E-state index < -0.39 is 5.97 Å². The molecule has 0 aliphatic heterocycles. The van der Waals surface area contributed by atoms with E-state index in [1.807, 2.05) is 61.5 Å². The van der Waals surface area contributed by atoms with Crippen LogP contribution in [0.3, 0.4) is 0 Å². The lowest BCUT2D eigenvalue weighted by molar-refractivity contribution is -0.149. The molecule has 1 amide bonds. The molecule has 1 atom stereocenters. The molecular formula is C19H19N3O3. The SMILES string of the molecule is CC(NC(=O)COC(=O)Cn1cnc2ccccc21)c1ccccc1. The molecule has 0 spiro atoms. The van der Waals surface area contributed by atoms with E-state index >= 15 is 0 Å². The van der Waals surface area contributed by atoms with E-state index in [0.29, 0.717) is 0 Å². The van der Waals surface area contributed by atoms with Crippen molar-refractivity contribution in [2.45, 2.75) is 19.5 Å². The predicted molar refractivity (Wildman–Crippen MR) is 93.7 cm³/mol. The maximum absolute atomic E-state index is 12.0. The van der Waals surface area contributed by atoms with Gasteiger partial charge in [0.2, 0.25) is 0 Å². The molecule has 6 nitrogen and oxygen atoms in total. The molecule has 0 aliphatic carbocycles. The third-order valence-electron chi connectivity index (χ3n) is 3.87. The van der Waals surface area contributed by atoms with Gasteiger partial charge >= 0.3 is 5.97 Å². The molecule has 0 radical (unpaired) electrons. The largest absolute Gasteiger partial charge is 0.454 e. The van der Waals surface area contributed by atoms with Crippen LogP contribution in [0.15, 0.2) is 60.9 Å². The van der Waals surface area contributed by atoms with Gasteiger partial charge in [-0.15, -0.1) is 0 Å².